The zero-order valence-electron chi connectivity index (χ0n) is 22.2. The number of unbranched alkanes of at least 4 members (excludes halogenated alkanes) is 1. The number of thiophene rings is 1. The molecule has 1 aliphatic rings. The zero-order valence-corrected chi connectivity index (χ0v) is 18.0. The highest BCUT2D eigenvalue weighted by molar-refractivity contribution is 7.17. The average Bonchev–Trinajstić information content (AvgIpc) is 3.37. The molecule has 31 heavy (non-hydrogen) atoms. The smallest absolute Gasteiger partial charge is 0.248 e. The predicted octanol–water partition coefficient (Wildman–Crippen LogP) is 4.72. The van der Waals surface area contributed by atoms with Crippen LogP contribution in [0.5, 0.6) is 5.75 Å². The Kier molecular flexibility index (Phi) is 4.43. The molecule has 0 bridgehead atoms. The molecule has 0 spiro atoms. The van der Waals surface area contributed by atoms with Crippen molar-refractivity contribution in [3.8, 4) is 5.75 Å². The number of nitrogens with one attached hydrogen (secondary N) is 1. The summed E-state index contributed by atoms with van der Waals surface area (Å²) in [4.78, 5) is 19.2. The number of benzene rings is 2. The van der Waals surface area contributed by atoms with Crippen molar-refractivity contribution in [2.75, 3.05) is 44.2 Å². The number of pyridine rings is 1. The van der Waals surface area contributed by atoms with Crippen molar-refractivity contribution < 1.29 is 11.6 Å². The number of ether oxygens (including phenoxy) is 1. The number of piperazine rings is 1. The summed E-state index contributed by atoms with van der Waals surface area (Å²) in [5, 5.41) is 3.39. The molecule has 1 saturated heterocycles. The number of hydrogen-bond acceptors (Lipinski definition) is 5. The molecule has 0 radical (unpaired) electrons. The zero-order chi connectivity index (χ0) is 25.4. The van der Waals surface area contributed by atoms with E-state index in [4.69, 9.17) is 11.6 Å². The normalized spacial score (nSPS) is 17.3. The minimum absolute atomic E-state index is 0.0342. The van der Waals surface area contributed by atoms with Crippen molar-refractivity contribution in [3.05, 3.63) is 70.2 Å². The van der Waals surface area contributed by atoms with Crippen molar-refractivity contribution >= 4 is 38.0 Å². The Morgan fingerprint density at radius 1 is 1.06 bits per heavy atom. The first-order valence-corrected chi connectivity index (χ1v) is 11.4. The Bertz CT molecular complexity index is 1480. The van der Waals surface area contributed by atoms with Gasteiger partial charge in [0.2, 0.25) is 5.56 Å². The number of aromatic amines is 1. The van der Waals surface area contributed by atoms with Crippen molar-refractivity contribution in [1.29, 1.82) is 0 Å². The summed E-state index contributed by atoms with van der Waals surface area (Å²) < 4.78 is 47.5. The second kappa shape index (κ2) is 9.12. The Labute approximate surface area is 192 Å². The molecule has 6 heteroatoms. The quantitative estimate of drug-likeness (QED) is 0.424. The van der Waals surface area contributed by atoms with Crippen LogP contribution in [0, 0.1) is 0 Å². The van der Waals surface area contributed by atoms with E-state index in [0.29, 0.717) is 0 Å². The first kappa shape index (κ1) is 15.1. The van der Waals surface area contributed by atoms with E-state index in [1.165, 1.54) is 15.8 Å². The van der Waals surface area contributed by atoms with Gasteiger partial charge in [-0.1, -0.05) is 6.07 Å². The van der Waals surface area contributed by atoms with E-state index < -0.39 is 17.6 Å². The lowest BCUT2D eigenvalue weighted by atomic mass is 10.2. The Balaban J connectivity index is 1.15. The monoisotopic (exact) mass is 438 g/mol. The van der Waals surface area contributed by atoms with Gasteiger partial charge in [0.25, 0.3) is 0 Å². The van der Waals surface area contributed by atoms with Gasteiger partial charge in [-0.2, -0.15) is 0 Å². The summed E-state index contributed by atoms with van der Waals surface area (Å²) in [5.74, 6) is -0.0727. The first-order chi connectivity index (χ1) is 17.4. The van der Waals surface area contributed by atoms with Gasteiger partial charge < -0.3 is 14.6 Å². The van der Waals surface area contributed by atoms with Crippen LogP contribution in [0.1, 0.15) is 19.7 Å². The molecule has 160 valence electrons. The maximum absolute atomic E-state index is 11.9. The van der Waals surface area contributed by atoms with Crippen LogP contribution in [0.3, 0.4) is 0 Å². The number of hydrogen-bond donors (Lipinski definition) is 1. The summed E-state index contributed by atoms with van der Waals surface area (Å²) >= 11 is 1.77. The van der Waals surface area contributed by atoms with E-state index in [1.807, 2.05) is 0 Å². The number of aromatic nitrogens is 1. The first-order valence-electron chi connectivity index (χ1n) is 13.1. The highest BCUT2D eigenvalue weighted by Crippen LogP contribution is 2.31. The second-order valence-electron chi connectivity index (χ2n) is 7.65. The lowest BCUT2D eigenvalue weighted by Crippen LogP contribution is -2.46. The summed E-state index contributed by atoms with van der Waals surface area (Å²) in [6, 6.07) is 6.82. The van der Waals surface area contributed by atoms with Crippen LogP contribution in [-0.2, 0) is 0 Å². The van der Waals surface area contributed by atoms with Gasteiger partial charge in [0.05, 0.1) is 19.0 Å². The molecule has 0 atom stereocenters. The molecule has 1 aliphatic heterocycles. The van der Waals surface area contributed by atoms with Crippen LogP contribution in [0.4, 0.5) is 5.69 Å². The fourth-order valence-corrected chi connectivity index (χ4v) is 4.80. The highest BCUT2D eigenvalue weighted by atomic mass is 32.1. The molecule has 5 nitrogen and oxygen atoms in total. The van der Waals surface area contributed by atoms with Gasteiger partial charge in [0, 0.05) is 54.0 Å². The fourth-order valence-electron chi connectivity index (χ4n) is 3.99. The maximum Gasteiger partial charge on any atom is 0.248 e. The molecule has 1 fully saturated rings. The molecule has 1 N–H and O–H groups in total. The molecule has 5 rings (SSSR count). The number of H-pyrrole nitrogens is 1. The van der Waals surface area contributed by atoms with E-state index >= 15 is 0 Å². The van der Waals surface area contributed by atoms with Crippen molar-refractivity contribution in [2.24, 2.45) is 0 Å². The molecular formula is C25H27N3O2S. The van der Waals surface area contributed by atoms with Gasteiger partial charge in [0.1, 0.15) is 5.75 Å². The number of rotatable bonds is 7. The summed E-state index contributed by atoms with van der Waals surface area (Å²) in [6.45, 7) is 5.17. The van der Waals surface area contributed by atoms with E-state index in [2.05, 4.69) is 44.4 Å². The lowest BCUT2D eigenvalue weighted by Gasteiger charge is -2.36. The van der Waals surface area contributed by atoms with Crippen molar-refractivity contribution in [1.82, 2.24) is 9.88 Å². The largest absolute Gasteiger partial charge is 0.494 e. The molecule has 4 aromatic rings. The molecule has 2 aromatic carbocycles. The van der Waals surface area contributed by atoms with E-state index in [9.17, 15) is 4.79 Å². The third-order valence-corrected chi connectivity index (χ3v) is 6.51. The van der Waals surface area contributed by atoms with Crippen LogP contribution in [0.25, 0.3) is 21.0 Å². The number of anilines is 1. The summed E-state index contributed by atoms with van der Waals surface area (Å²) in [6.07, 6.45) is 1.63. The standard InChI is InChI=1S/C25H27N3O2S/c29-25-9-7-19-6-8-20(18-22(19)26-25)30-16-2-1-11-27-12-14-28(15-13-27)23-4-3-5-24-21(23)10-17-31-24/h3-10,17-18H,1-2,11-16H2,(H,26,29)/i6D,7D,8D,9D,18D. The van der Waals surface area contributed by atoms with Gasteiger partial charge in [-0.3, -0.25) is 9.69 Å². The van der Waals surface area contributed by atoms with Gasteiger partial charge in [-0.15, -0.1) is 11.3 Å². The van der Waals surface area contributed by atoms with Crippen LogP contribution in [0.15, 0.2) is 64.7 Å². The molecular weight excluding hydrogens is 406 g/mol. The van der Waals surface area contributed by atoms with E-state index in [-0.39, 0.29) is 41.4 Å². The van der Waals surface area contributed by atoms with Crippen LogP contribution < -0.4 is 15.2 Å². The lowest BCUT2D eigenvalue weighted by molar-refractivity contribution is 0.239. The second-order valence-corrected chi connectivity index (χ2v) is 8.60. The van der Waals surface area contributed by atoms with E-state index in [1.54, 1.807) is 11.3 Å². The van der Waals surface area contributed by atoms with Gasteiger partial charge in [-0.05, 0) is 66.5 Å². The van der Waals surface area contributed by atoms with Gasteiger partial charge in [0.15, 0.2) is 0 Å². The SMILES string of the molecule is [2H]c1c(OCCCCN2CCN(c3cccc4sccc34)CC2)c([2H])c2[nH]c(=O)c([2H])c([2H])c2c1[2H]. The van der Waals surface area contributed by atoms with Crippen LogP contribution in [-0.4, -0.2) is 49.2 Å². The summed E-state index contributed by atoms with van der Waals surface area (Å²) in [7, 11) is 0. The maximum atomic E-state index is 11.9. The molecule has 0 saturated carbocycles. The average molecular weight is 439 g/mol. The third-order valence-electron chi connectivity index (χ3n) is 5.63. The molecule has 2 aromatic heterocycles. The minimum Gasteiger partial charge on any atom is -0.494 e. The molecule has 0 unspecified atom stereocenters. The number of nitrogens with zero attached hydrogens (tertiary/aromatic N) is 2. The van der Waals surface area contributed by atoms with E-state index in [0.717, 1.165) is 45.6 Å². The topological polar surface area (TPSA) is 48.6 Å². The minimum atomic E-state index is -0.795. The molecule has 0 aliphatic carbocycles. The van der Waals surface area contributed by atoms with Crippen LogP contribution in [0.2, 0.25) is 0 Å². The number of fused-ring (bicyclic) bond motifs is 2. The van der Waals surface area contributed by atoms with Crippen molar-refractivity contribution in [2.45, 2.75) is 12.8 Å². The third kappa shape index (κ3) is 4.60. The predicted molar refractivity (Wildman–Crippen MR) is 130 cm³/mol. The Hall–Kier alpha value is -2.83. The Morgan fingerprint density at radius 2 is 1.94 bits per heavy atom. The molecule has 3 heterocycles. The summed E-state index contributed by atoms with van der Waals surface area (Å²) in [5.41, 5.74) is 0.477. The van der Waals surface area contributed by atoms with Gasteiger partial charge >= 0.3 is 0 Å². The van der Waals surface area contributed by atoms with Crippen LogP contribution >= 0.6 is 11.3 Å². The van der Waals surface area contributed by atoms with Gasteiger partial charge in [-0.25, -0.2) is 0 Å². The highest BCUT2D eigenvalue weighted by Gasteiger charge is 2.18. The Morgan fingerprint density at radius 3 is 2.84 bits per heavy atom. The fraction of sp³-hybridized carbons (Fsp3) is 0.320. The van der Waals surface area contributed by atoms with Crippen molar-refractivity contribution in [3.63, 3.8) is 0 Å². The molecule has 0 amide bonds.